The molecule has 0 spiro atoms. The van der Waals surface area contributed by atoms with E-state index in [4.69, 9.17) is 57.2 Å². The number of phenols is 1. The van der Waals surface area contributed by atoms with Crippen molar-refractivity contribution in [1.29, 1.82) is 0 Å². The number of ether oxygens (including phenoxy) is 11. The lowest BCUT2D eigenvalue weighted by Crippen LogP contribution is -2.53. The molecule has 8 aliphatic carbocycles. The molecular formula is C118H228O17. The topological polar surface area (TPSA) is 207 Å². The number of esters is 5. The summed E-state index contributed by atoms with van der Waals surface area (Å²) in [6.45, 7) is 52.6. The van der Waals surface area contributed by atoms with Crippen molar-refractivity contribution in [2.24, 2.45) is 44.8 Å². The number of rotatable bonds is 35. The van der Waals surface area contributed by atoms with Crippen LogP contribution < -0.4 is 9.47 Å². The van der Waals surface area contributed by atoms with Gasteiger partial charge < -0.3 is 57.2 Å². The van der Waals surface area contributed by atoms with E-state index in [2.05, 4.69) is 111 Å². The van der Waals surface area contributed by atoms with Gasteiger partial charge in [-0.3, -0.25) is 24.0 Å². The van der Waals surface area contributed by atoms with E-state index in [0.29, 0.717) is 62.1 Å². The van der Waals surface area contributed by atoms with Gasteiger partial charge >= 0.3 is 29.8 Å². The fourth-order valence-corrected chi connectivity index (χ4v) is 16.4. The fourth-order valence-electron chi connectivity index (χ4n) is 16.4. The summed E-state index contributed by atoms with van der Waals surface area (Å²) in [6.07, 6.45) is 39.2. The van der Waals surface area contributed by atoms with E-state index in [1.807, 2.05) is 123 Å². The number of phenolic OH excluding ortho intramolecular Hbond substituents is 1. The molecule has 8 fully saturated rings. The van der Waals surface area contributed by atoms with E-state index in [1.165, 1.54) is 139 Å². The van der Waals surface area contributed by atoms with Crippen LogP contribution >= 0.6 is 0 Å². The second-order valence-electron chi connectivity index (χ2n) is 40.0. The van der Waals surface area contributed by atoms with Gasteiger partial charge in [0.05, 0.1) is 52.5 Å². The lowest BCUT2D eigenvalue weighted by atomic mass is 9.54. The van der Waals surface area contributed by atoms with Gasteiger partial charge in [0.15, 0.2) is 12.6 Å². The van der Waals surface area contributed by atoms with Crippen molar-refractivity contribution >= 4 is 29.8 Å². The molecule has 5 atom stereocenters. The molecule has 0 heterocycles. The summed E-state index contributed by atoms with van der Waals surface area (Å²) < 4.78 is 60.7. The highest BCUT2D eigenvalue weighted by Gasteiger charge is 2.54. The third kappa shape index (κ3) is 53.6. The average Bonchev–Trinajstić information content (AvgIpc) is 1.74. The molecule has 5 unspecified atom stereocenters. The van der Waals surface area contributed by atoms with Crippen LogP contribution in [0.25, 0.3) is 0 Å². The fraction of sp³-hybridized carbons (Fsp3) is 0.805. The zero-order valence-electron chi connectivity index (χ0n) is 83.1. The molecular weight excluding hydrogens is 1690 g/mol. The van der Waals surface area contributed by atoms with Crippen molar-refractivity contribution in [3.8, 4) is 17.2 Å². The van der Waals surface area contributed by atoms with E-state index in [-0.39, 0.29) is 175 Å². The largest absolute Gasteiger partial charge is 0.508 e. The monoisotopic (exact) mass is 1920 g/mol. The third-order valence-electron chi connectivity index (χ3n) is 28.1. The average molecular weight is 1920 g/mol. The maximum absolute atomic E-state index is 12.4. The predicted octanol–water partition coefficient (Wildman–Crippen LogP) is 35.6. The first-order valence-electron chi connectivity index (χ1n) is 48.7. The molecule has 3 aromatic carbocycles. The first kappa shape index (κ1) is 149. The van der Waals surface area contributed by atoms with Crippen LogP contribution in [-0.2, 0) is 66.6 Å². The molecule has 0 aromatic heterocycles. The Morgan fingerprint density at radius 1 is 0.341 bits per heavy atom. The van der Waals surface area contributed by atoms with Gasteiger partial charge in [0.1, 0.15) is 47.3 Å². The smallest absolute Gasteiger partial charge is 0.312 e. The highest BCUT2D eigenvalue weighted by molar-refractivity contribution is 5.78. The number of carbonyl (C=O) groups excluding carboxylic acids is 5. The first-order chi connectivity index (χ1) is 58.0. The Hall–Kier alpha value is -5.75. The summed E-state index contributed by atoms with van der Waals surface area (Å²) in [6, 6.07) is 24.3. The lowest BCUT2D eigenvalue weighted by Gasteiger charge is -2.56. The van der Waals surface area contributed by atoms with Crippen molar-refractivity contribution in [3.63, 3.8) is 0 Å². The van der Waals surface area contributed by atoms with Crippen LogP contribution in [0.3, 0.4) is 0 Å². The highest BCUT2D eigenvalue weighted by Crippen LogP contribution is 2.58. The molecule has 0 amide bonds. The number of benzene rings is 3. The van der Waals surface area contributed by atoms with Crippen LogP contribution in [0.5, 0.6) is 17.2 Å². The maximum atomic E-state index is 12.4. The van der Waals surface area contributed by atoms with Crippen LogP contribution in [-0.4, -0.2) is 117 Å². The summed E-state index contributed by atoms with van der Waals surface area (Å²) in [5, 5.41) is 9.01. The van der Waals surface area contributed by atoms with E-state index in [1.54, 1.807) is 26.4 Å². The molecule has 0 aliphatic heterocycles. The summed E-state index contributed by atoms with van der Waals surface area (Å²) >= 11 is 0. The quantitative estimate of drug-likeness (QED) is 0.0251. The molecule has 3 aromatic rings. The Morgan fingerprint density at radius 3 is 0.822 bits per heavy atom. The third-order valence-corrected chi connectivity index (χ3v) is 28.1. The van der Waals surface area contributed by atoms with Crippen LogP contribution in [0.2, 0.25) is 0 Å². The maximum Gasteiger partial charge on any atom is 0.312 e. The molecule has 17 nitrogen and oxygen atoms in total. The van der Waals surface area contributed by atoms with E-state index >= 15 is 0 Å². The van der Waals surface area contributed by atoms with Crippen molar-refractivity contribution in [2.45, 2.75) is 540 Å². The predicted molar refractivity (Wildman–Crippen MR) is 582 cm³/mol. The summed E-state index contributed by atoms with van der Waals surface area (Å²) in [4.78, 5) is 58.9. The molecule has 8 saturated carbocycles. The highest BCUT2D eigenvalue weighted by atomic mass is 16.7. The molecule has 8 aliphatic rings. The number of carbonyl (C=O) groups is 5. The minimum Gasteiger partial charge on any atom is -0.508 e. The van der Waals surface area contributed by atoms with Gasteiger partial charge in [0, 0.05) is 14.2 Å². The minimum atomic E-state index is -0.367. The van der Waals surface area contributed by atoms with Crippen molar-refractivity contribution in [1.82, 2.24) is 0 Å². The van der Waals surface area contributed by atoms with Crippen LogP contribution in [0.15, 0.2) is 72.8 Å². The molecule has 11 rings (SSSR count). The molecule has 4 bridgehead atoms. The Balaban J connectivity index is -0.000000165. The second kappa shape index (κ2) is 75.1. The van der Waals surface area contributed by atoms with E-state index < -0.39 is 0 Å². The summed E-state index contributed by atoms with van der Waals surface area (Å²) in [7, 11) is 3.16. The van der Waals surface area contributed by atoms with Crippen LogP contribution in [0, 0.1) is 44.8 Å². The molecule has 802 valence electrons. The number of hydrogen-bond donors (Lipinski definition) is 1. The van der Waals surface area contributed by atoms with E-state index in [9.17, 15) is 24.0 Å². The number of methoxy groups -OCH3 is 2. The Morgan fingerprint density at radius 2 is 0.585 bits per heavy atom. The minimum absolute atomic E-state index is 0. The van der Waals surface area contributed by atoms with Gasteiger partial charge in [0.25, 0.3) is 0 Å². The van der Waals surface area contributed by atoms with Crippen LogP contribution in [0.4, 0.5) is 0 Å². The van der Waals surface area contributed by atoms with Gasteiger partial charge in [-0.2, -0.15) is 0 Å². The Bertz CT molecular complexity index is 3170. The molecule has 1 N–H and O–H groups in total. The van der Waals surface area contributed by atoms with Gasteiger partial charge in [-0.25, -0.2) is 0 Å². The zero-order chi connectivity index (χ0) is 92.3. The van der Waals surface area contributed by atoms with E-state index in [0.717, 1.165) is 126 Å². The van der Waals surface area contributed by atoms with Crippen molar-refractivity contribution < 1.29 is 81.2 Å². The SMILES string of the molecule is C.C.C.C.C.C.C.C.C.C.C.C.CCC(C)(C)C(=O)OC12CC3CC(CC(C3)C1)C2.CCC(C)(C)C(=O)OCCOC.CCC(C)(C)C(=O)OCCOC.CCC(C)c1ccc(O)cc1.CCC(C)c1ccc(OC(C)OC2CCCCC2)cc1.CCC(C)c1ccc(OC(C)OC2CCCCC2)cc1.CCC1(OC(=O)C(C)(C)CC)CCCC1.CCC1(OC(=O)C(C)(C)CC)CCCC1. The Labute approximate surface area is 838 Å². The van der Waals surface area contributed by atoms with Gasteiger partial charge in [-0.15, -0.1) is 0 Å². The van der Waals surface area contributed by atoms with Crippen molar-refractivity contribution in [3.05, 3.63) is 89.5 Å². The normalized spacial score (nSPS) is 19.0. The number of aromatic hydroxyl groups is 1. The summed E-state index contributed by atoms with van der Waals surface area (Å²) in [5.74, 6) is 6.18. The Kier molecular flexibility index (Phi) is 83.2. The standard InChI is InChI=1S/2C18H28O2.C16H26O2.2C13H24O2.C10H14O.2C9H18O3.12CH4/c2*1-4-14(2)16-10-12-18(13-11-16)20-15(3)19-17-8-6-5-7-9-17;1-4-15(2,3)14(17)18-16-8-11-5-12(9-16)7-13(6-11)10-16;2*1-5-12(3,4)11(14)15-13(6-2)9-7-8-10-13;1-3-8(2)9-4-6-10(11)7-5-9;2*1-5-9(2,3)8(10)12-7-6-11-4;;;;;;;;;;;;/h2*10-15,17H,4-9H2,1-3H3;11-13H,4-10H2,1-3H3;2*5-10H2,1-4H3;4-8,11H,3H2,1-2H3;2*5-7H2,1-4H3;12*1H4. The molecule has 0 radical (unpaired) electrons. The molecule has 135 heavy (non-hydrogen) atoms. The summed E-state index contributed by atoms with van der Waals surface area (Å²) in [5.41, 5.74) is 2.00. The second-order valence-corrected chi connectivity index (χ2v) is 40.0. The van der Waals surface area contributed by atoms with Gasteiger partial charge in [0.2, 0.25) is 0 Å². The number of hydrogen-bond acceptors (Lipinski definition) is 17. The first-order valence-corrected chi connectivity index (χ1v) is 48.7. The van der Waals surface area contributed by atoms with Gasteiger partial charge in [-0.1, -0.05) is 254 Å². The zero-order valence-corrected chi connectivity index (χ0v) is 83.1. The van der Waals surface area contributed by atoms with Crippen LogP contribution in [0.1, 0.15) is 515 Å². The lowest BCUT2D eigenvalue weighted by molar-refractivity contribution is -0.196. The van der Waals surface area contributed by atoms with Crippen molar-refractivity contribution in [2.75, 3.05) is 40.6 Å². The van der Waals surface area contributed by atoms with Gasteiger partial charge in [-0.05, 0) is 351 Å². The molecule has 17 heteroatoms. The molecule has 0 saturated heterocycles.